The van der Waals surface area contributed by atoms with Gasteiger partial charge in [0.15, 0.2) is 0 Å². The van der Waals surface area contributed by atoms with E-state index in [1.165, 1.54) is 0 Å². The van der Waals surface area contributed by atoms with Crippen molar-refractivity contribution in [1.82, 2.24) is 24.8 Å². The van der Waals surface area contributed by atoms with Crippen LogP contribution in [0.2, 0.25) is 0 Å². The Morgan fingerprint density at radius 2 is 1.91 bits per heavy atom. The highest BCUT2D eigenvalue weighted by molar-refractivity contribution is 6.01. The fourth-order valence-corrected chi connectivity index (χ4v) is 3.88. The minimum atomic E-state index is -0.0655. The molecule has 2 N–H and O–H groups in total. The molecule has 10 heteroatoms. The zero-order valence-electron chi connectivity index (χ0n) is 19.5. The number of ether oxygens (including phenoxy) is 2. The number of aromatic nitrogens is 3. The maximum absolute atomic E-state index is 12.6. The largest absolute Gasteiger partial charge is 0.476 e. The molecule has 0 aromatic carbocycles. The molecule has 1 fully saturated rings. The third kappa shape index (κ3) is 5.88. The molecule has 0 radical (unpaired) electrons. The molecule has 178 valence electrons. The number of rotatable bonds is 10. The van der Waals surface area contributed by atoms with Crippen LogP contribution in [0.1, 0.15) is 30.9 Å². The van der Waals surface area contributed by atoms with Crippen molar-refractivity contribution in [2.45, 2.75) is 32.7 Å². The Kier molecular flexibility index (Phi) is 7.56. The van der Waals surface area contributed by atoms with E-state index in [1.807, 2.05) is 12.1 Å². The standard InChI is InChI=1S/C23H33N7O3/c1-3-4-12-33-23-26-21(24)18-14-20(31)30(22(18)27-23)16-17-5-6-19(25-15-17)32-13-11-29-9-7-28(2)8-10-29/h5-6,15H,3-4,7-14,16H2,1-2H3,(H2,24,26,27). The van der Waals surface area contributed by atoms with Gasteiger partial charge in [-0.25, -0.2) is 4.98 Å². The highest BCUT2D eigenvalue weighted by Gasteiger charge is 2.32. The first-order valence-corrected chi connectivity index (χ1v) is 11.6. The molecule has 4 heterocycles. The van der Waals surface area contributed by atoms with Crippen LogP contribution in [0.5, 0.6) is 11.9 Å². The summed E-state index contributed by atoms with van der Waals surface area (Å²) in [5.41, 5.74) is 7.61. The molecule has 2 aliphatic rings. The first kappa shape index (κ1) is 23.2. The van der Waals surface area contributed by atoms with Gasteiger partial charge >= 0.3 is 6.01 Å². The van der Waals surface area contributed by atoms with Crippen LogP contribution >= 0.6 is 0 Å². The predicted molar refractivity (Wildman–Crippen MR) is 125 cm³/mol. The summed E-state index contributed by atoms with van der Waals surface area (Å²) in [5.74, 6) is 1.33. The number of pyridine rings is 1. The second-order valence-electron chi connectivity index (χ2n) is 8.55. The molecule has 2 aliphatic heterocycles. The second kappa shape index (κ2) is 10.8. The summed E-state index contributed by atoms with van der Waals surface area (Å²) in [7, 11) is 2.15. The Hall–Kier alpha value is -2.98. The van der Waals surface area contributed by atoms with Crippen LogP contribution < -0.4 is 20.1 Å². The van der Waals surface area contributed by atoms with Crippen molar-refractivity contribution >= 4 is 17.5 Å². The maximum atomic E-state index is 12.6. The van der Waals surface area contributed by atoms with Gasteiger partial charge in [0, 0.05) is 50.6 Å². The average Bonchev–Trinajstić information content (AvgIpc) is 3.12. The highest BCUT2D eigenvalue weighted by Crippen LogP contribution is 2.33. The number of likely N-dealkylation sites (N-methyl/N-ethyl adjacent to an activating group) is 1. The Labute approximate surface area is 194 Å². The minimum absolute atomic E-state index is 0.0655. The monoisotopic (exact) mass is 455 g/mol. The zero-order valence-corrected chi connectivity index (χ0v) is 19.5. The number of nitrogens with two attached hydrogens (primary N) is 1. The molecule has 10 nitrogen and oxygen atoms in total. The first-order valence-electron chi connectivity index (χ1n) is 11.6. The molecule has 33 heavy (non-hydrogen) atoms. The molecule has 1 saturated heterocycles. The van der Waals surface area contributed by atoms with E-state index in [2.05, 4.69) is 38.7 Å². The van der Waals surface area contributed by atoms with Crippen molar-refractivity contribution in [2.24, 2.45) is 0 Å². The van der Waals surface area contributed by atoms with Crippen molar-refractivity contribution in [3.8, 4) is 11.9 Å². The lowest BCUT2D eigenvalue weighted by atomic mass is 10.2. The van der Waals surface area contributed by atoms with E-state index in [0.29, 0.717) is 42.8 Å². The number of fused-ring (bicyclic) bond motifs is 1. The first-order chi connectivity index (χ1) is 16.0. The molecular weight excluding hydrogens is 422 g/mol. The van der Waals surface area contributed by atoms with Crippen molar-refractivity contribution < 1.29 is 14.3 Å². The summed E-state index contributed by atoms with van der Waals surface area (Å²) in [6, 6.07) is 3.97. The summed E-state index contributed by atoms with van der Waals surface area (Å²) in [6.07, 6.45) is 3.84. The maximum Gasteiger partial charge on any atom is 0.320 e. The summed E-state index contributed by atoms with van der Waals surface area (Å²) in [5, 5.41) is 0. The van der Waals surface area contributed by atoms with Gasteiger partial charge in [-0.05, 0) is 19.0 Å². The quantitative estimate of drug-likeness (QED) is 0.531. The molecule has 0 saturated carbocycles. The summed E-state index contributed by atoms with van der Waals surface area (Å²) >= 11 is 0. The van der Waals surface area contributed by atoms with Gasteiger partial charge in [-0.15, -0.1) is 0 Å². The molecule has 0 bridgehead atoms. The Morgan fingerprint density at radius 3 is 2.64 bits per heavy atom. The molecule has 0 aliphatic carbocycles. The molecule has 4 rings (SSSR count). The SMILES string of the molecule is CCCCOc1nc(N)c2c(n1)N(Cc1ccc(OCCN3CCN(C)CC3)nc1)C(=O)C2. The molecule has 1 amide bonds. The number of carbonyl (C=O) groups is 1. The summed E-state index contributed by atoms with van der Waals surface area (Å²) in [4.78, 5) is 32.1. The van der Waals surface area contributed by atoms with Gasteiger partial charge in [0.2, 0.25) is 11.8 Å². The van der Waals surface area contributed by atoms with E-state index in [1.54, 1.807) is 11.1 Å². The molecule has 0 unspecified atom stereocenters. The van der Waals surface area contributed by atoms with E-state index in [4.69, 9.17) is 15.2 Å². The average molecular weight is 456 g/mol. The fourth-order valence-electron chi connectivity index (χ4n) is 3.88. The van der Waals surface area contributed by atoms with Gasteiger partial charge in [0.25, 0.3) is 0 Å². The minimum Gasteiger partial charge on any atom is -0.476 e. The number of anilines is 2. The topological polar surface area (TPSA) is 110 Å². The number of piperazine rings is 1. The Balaban J connectivity index is 1.34. The molecule has 2 aromatic heterocycles. The van der Waals surface area contributed by atoms with Gasteiger partial charge in [-0.3, -0.25) is 14.6 Å². The predicted octanol–water partition coefficient (Wildman–Crippen LogP) is 1.35. The number of nitrogen functional groups attached to an aromatic ring is 1. The smallest absolute Gasteiger partial charge is 0.320 e. The third-order valence-electron chi connectivity index (χ3n) is 6.00. The van der Waals surface area contributed by atoms with E-state index >= 15 is 0 Å². The lowest BCUT2D eigenvalue weighted by Crippen LogP contribution is -2.45. The normalized spacial score (nSPS) is 16.8. The lowest BCUT2D eigenvalue weighted by Gasteiger charge is -2.32. The van der Waals surface area contributed by atoms with Gasteiger partial charge in [-0.1, -0.05) is 19.4 Å². The van der Waals surface area contributed by atoms with Crippen LogP contribution in [0.3, 0.4) is 0 Å². The van der Waals surface area contributed by atoms with Gasteiger partial charge in [-0.2, -0.15) is 9.97 Å². The van der Waals surface area contributed by atoms with Gasteiger partial charge < -0.3 is 20.1 Å². The van der Waals surface area contributed by atoms with Crippen LogP contribution in [0.15, 0.2) is 18.3 Å². The van der Waals surface area contributed by atoms with E-state index < -0.39 is 0 Å². The van der Waals surface area contributed by atoms with Crippen LogP contribution in [0.4, 0.5) is 11.6 Å². The molecule has 2 aromatic rings. The van der Waals surface area contributed by atoms with Crippen LogP contribution in [0, 0.1) is 0 Å². The van der Waals surface area contributed by atoms with Crippen molar-refractivity contribution in [1.29, 1.82) is 0 Å². The summed E-state index contributed by atoms with van der Waals surface area (Å²) < 4.78 is 11.4. The second-order valence-corrected chi connectivity index (χ2v) is 8.55. The fraction of sp³-hybridized carbons (Fsp3) is 0.565. The molecule has 0 atom stereocenters. The third-order valence-corrected chi connectivity index (χ3v) is 6.00. The molecule has 0 spiro atoms. The highest BCUT2D eigenvalue weighted by atomic mass is 16.5. The van der Waals surface area contributed by atoms with Gasteiger partial charge in [0.1, 0.15) is 18.2 Å². The number of amides is 1. The lowest BCUT2D eigenvalue weighted by molar-refractivity contribution is -0.117. The number of hydrogen-bond donors (Lipinski definition) is 1. The Morgan fingerprint density at radius 1 is 1.09 bits per heavy atom. The number of carbonyl (C=O) groups excluding carboxylic acids is 1. The number of nitrogens with zero attached hydrogens (tertiary/aromatic N) is 6. The Bertz CT molecular complexity index is 946. The number of unbranched alkanes of at least 4 members (excludes halogenated alkanes) is 1. The molecular formula is C23H33N7O3. The van der Waals surface area contributed by atoms with Gasteiger partial charge in [0.05, 0.1) is 19.6 Å². The van der Waals surface area contributed by atoms with E-state index in [-0.39, 0.29) is 18.3 Å². The van der Waals surface area contributed by atoms with Crippen molar-refractivity contribution in [3.63, 3.8) is 0 Å². The van der Waals surface area contributed by atoms with Crippen LogP contribution in [-0.2, 0) is 17.8 Å². The number of hydrogen-bond acceptors (Lipinski definition) is 9. The van der Waals surface area contributed by atoms with Crippen LogP contribution in [-0.4, -0.2) is 83.6 Å². The summed E-state index contributed by atoms with van der Waals surface area (Å²) in [6.45, 7) is 8.76. The zero-order chi connectivity index (χ0) is 23.2. The van der Waals surface area contributed by atoms with E-state index in [9.17, 15) is 4.79 Å². The van der Waals surface area contributed by atoms with Crippen molar-refractivity contribution in [2.75, 3.05) is 63.6 Å². The van der Waals surface area contributed by atoms with E-state index in [0.717, 1.165) is 51.1 Å². The van der Waals surface area contributed by atoms with Crippen molar-refractivity contribution in [3.05, 3.63) is 29.5 Å². The van der Waals surface area contributed by atoms with Crippen LogP contribution in [0.25, 0.3) is 0 Å².